The lowest BCUT2D eigenvalue weighted by Crippen LogP contribution is -2.56. The van der Waals surface area contributed by atoms with E-state index < -0.39 is 18.2 Å². The summed E-state index contributed by atoms with van der Waals surface area (Å²) in [5, 5.41) is 28.3. The van der Waals surface area contributed by atoms with Crippen LogP contribution in [0.4, 0.5) is 0 Å². The fourth-order valence-electron chi connectivity index (χ4n) is 4.93. The standard InChI is InChI=1S/C18H26N4O5/c1-9-14(11-6-19-7-12(11)16(24)15(9)23)17(25)21-3-4-22-10(8-21)5-13(20-22)18(26)27-2/h5,9,11-12,14-16,19,23-24H,3-4,6-8H2,1-2H3/t9-,11+,12+,14+,15+,16+/m1/s1. The number of amides is 1. The van der Waals surface area contributed by atoms with Gasteiger partial charge in [0.2, 0.25) is 5.91 Å². The minimum atomic E-state index is -0.902. The van der Waals surface area contributed by atoms with E-state index in [2.05, 4.69) is 10.4 Å². The molecule has 4 rings (SSSR count). The Morgan fingerprint density at radius 2 is 1.96 bits per heavy atom. The first-order valence-corrected chi connectivity index (χ1v) is 9.43. The van der Waals surface area contributed by atoms with Crippen LogP contribution in [0.2, 0.25) is 0 Å². The Morgan fingerprint density at radius 1 is 1.22 bits per heavy atom. The maximum absolute atomic E-state index is 13.3. The number of fused-ring (bicyclic) bond motifs is 2. The summed E-state index contributed by atoms with van der Waals surface area (Å²) in [7, 11) is 1.31. The maximum Gasteiger partial charge on any atom is 0.358 e. The number of hydrogen-bond donors (Lipinski definition) is 3. The Balaban J connectivity index is 1.54. The zero-order chi connectivity index (χ0) is 19.3. The Hall–Kier alpha value is -1.97. The van der Waals surface area contributed by atoms with E-state index in [9.17, 15) is 19.8 Å². The summed E-state index contributed by atoms with van der Waals surface area (Å²) >= 11 is 0. The van der Waals surface area contributed by atoms with E-state index in [1.165, 1.54) is 7.11 Å². The van der Waals surface area contributed by atoms with Crippen LogP contribution >= 0.6 is 0 Å². The van der Waals surface area contributed by atoms with Crippen LogP contribution < -0.4 is 5.32 Å². The molecule has 0 aromatic carbocycles. The summed E-state index contributed by atoms with van der Waals surface area (Å²) in [6, 6.07) is 1.66. The number of carbonyl (C=O) groups excluding carboxylic acids is 2. The van der Waals surface area contributed by atoms with Crippen molar-refractivity contribution < 1.29 is 24.5 Å². The Kier molecular flexibility index (Phi) is 4.69. The Labute approximate surface area is 157 Å². The number of aliphatic hydroxyl groups is 2. The fraction of sp³-hybridized carbons (Fsp3) is 0.722. The predicted molar refractivity (Wildman–Crippen MR) is 93.5 cm³/mol. The quantitative estimate of drug-likeness (QED) is 0.556. The molecular weight excluding hydrogens is 352 g/mol. The van der Waals surface area contributed by atoms with Crippen molar-refractivity contribution in [3.05, 3.63) is 17.5 Å². The van der Waals surface area contributed by atoms with Gasteiger partial charge in [0, 0.05) is 24.9 Å². The van der Waals surface area contributed by atoms with Crippen molar-refractivity contribution in [1.82, 2.24) is 20.0 Å². The highest BCUT2D eigenvalue weighted by Crippen LogP contribution is 2.42. The molecule has 1 amide bonds. The van der Waals surface area contributed by atoms with Crippen LogP contribution in [0.5, 0.6) is 0 Å². The molecule has 3 aliphatic rings. The van der Waals surface area contributed by atoms with E-state index in [0.29, 0.717) is 32.7 Å². The highest BCUT2D eigenvalue weighted by Gasteiger charge is 2.53. The largest absolute Gasteiger partial charge is 0.464 e. The van der Waals surface area contributed by atoms with Gasteiger partial charge >= 0.3 is 5.97 Å². The molecule has 2 aliphatic heterocycles. The number of rotatable bonds is 2. The lowest BCUT2D eigenvalue weighted by atomic mass is 9.65. The first kappa shape index (κ1) is 18.4. The van der Waals surface area contributed by atoms with Crippen molar-refractivity contribution in [3.8, 4) is 0 Å². The highest BCUT2D eigenvalue weighted by molar-refractivity contribution is 5.87. The van der Waals surface area contributed by atoms with Gasteiger partial charge in [-0.1, -0.05) is 6.92 Å². The third-order valence-electron chi connectivity index (χ3n) is 6.45. The SMILES string of the molecule is COC(=O)c1cc2n(n1)CCN(C(=O)[C@H]1[C@@H](C)[C@H](O)[C@@H](O)[C@H]3CNC[C@@H]31)C2. The molecule has 6 atom stereocenters. The van der Waals surface area contributed by atoms with Gasteiger partial charge in [0.05, 0.1) is 38.1 Å². The number of aromatic nitrogens is 2. The summed E-state index contributed by atoms with van der Waals surface area (Å²) in [4.78, 5) is 26.8. The monoisotopic (exact) mass is 378 g/mol. The lowest BCUT2D eigenvalue weighted by Gasteiger charge is -2.45. The van der Waals surface area contributed by atoms with Crippen LogP contribution in [0, 0.1) is 23.7 Å². The maximum atomic E-state index is 13.3. The van der Waals surface area contributed by atoms with Gasteiger partial charge in [0.1, 0.15) is 0 Å². The number of methoxy groups -OCH3 is 1. The molecule has 1 aromatic rings. The topological polar surface area (TPSA) is 117 Å². The summed E-state index contributed by atoms with van der Waals surface area (Å²) < 4.78 is 6.45. The van der Waals surface area contributed by atoms with Gasteiger partial charge in [0.25, 0.3) is 0 Å². The van der Waals surface area contributed by atoms with Crippen molar-refractivity contribution in [2.24, 2.45) is 23.7 Å². The Morgan fingerprint density at radius 3 is 2.70 bits per heavy atom. The van der Waals surface area contributed by atoms with Crippen LogP contribution in [0.1, 0.15) is 23.1 Å². The average molecular weight is 378 g/mol. The molecular formula is C18H26N4O5. The fourth-order valence-corrected chi connectivity index (χ4v) is 4.93. The molecule has 9 heteroatoms. The predicted octanol–water partition coefficient (Wildman–Crippen LogP) is -1.16. The number of nitrogens with one attached hydrogen (secondary N) is 1. The summed E-state index contributed by atoms with van der Waals surface area (Å²) in [6.45, 7) is 4.52. The second kappa shape index (κ2) is 6.88. The normalized spacial score (nSPS) is 35.5. The van der Waals surface area contributed by atoms with Gasteiger partial charge in [-0.3, -0.25) is 9.48 Å². The number of carbonyl (C=O) groups is 2. The summed E-state index contributed by atoms with van der Waals surface area (Å²) in [5.41, 5.74) is 1.03. The minimum Gasteiger partial charge on any atom is -0.464 e. The molecule has 1 saturated carbocycles. The minimum absolute atomic E-state index is 0.000724. The molecule has 1 saturated heterocycles. The molecule has 3 N–H and O–H groups in total. The van der Waals surface area contributed by atoms with Crippen LogP contribution in [-0.2, 0) is 22.6 Å². The molecule has 2 fully saturated rings. The van der Waals surface area contributed by atoms with E-state index in [-0.39, 0.29) is 35.3 Å². The van der Waals surface area contributed by atoms with Gasteiger partial charge in [-0.15, -0.1) is 0 Å². The second-order valence-electron chi connectivity index (χ2n) is 7.85. The van der Waals surface area contributed by atoms with Crippen molar-refractivity contribution in [2.45, 2.75) is 32.2 Å². The third kappa shape index (κ3) is 2.94. The molecule has 1 aliphatic carbocycles. The van der Waals surface area contributed by atoms with Crippen molar-refractivity contribution in [3.63, 3.8) is 0 Å². The van der Waals surface area contributed by atoms with Crippen molar-refractivity contribution in [2.75, 3.05) is 26.7 Å². The van der Waals surface area contributed by atoms with Gasteiger partial charge in [-0.25, -0.2) is 4.79 Å². The summed E-state index contributed by atoms with van der Waals surface area (Å²) in [6.07, 6.45) is -1.70. The Bertz CT molecular complexity index is 750. The first-order chi connectivity index (χ1) is 12.9. The van der Waals surface area contributed by atoms with E-state index in [0.717, 1.165) is 5.69 Å². The number of ether oxygens (including phenoxy) is 1. The highest BCUT2D eigenvalue weighted by atomic mass is 16.5. The smallest absolute Gasteiger partial charge is 0.358 e. The van der Waals surface area contributed by atoms with E-state index in [4.69, 9.17) is 4.74 Å². The number of aliphatic hydroxyl groups excluding tert-OH is 2. The second-order valence-corrected chi connectivity index (χ2v) is 7.85. The van der Waals surface area contributed by atoms with Crippen molar-refractivity contribution >= 4 is 11.9 Å². The zero-order valence-electron chi connectivity index (χ0n) is 15.5. The number of hydrogen-bond acceptors (Lipinski definition) is 7. The molecule has 27 heavy (non-hydrogen) atoms. The van der Waals surface area contributed by atoms with Gasteiger partial charge < -0.3 is 25.2 Å². The lowest BCUT2D eigenvalue weighted by molar-refractivity contribution is -0.156. The molecule has 3 heterocycles. The molecule has 0 unspecified atom stereocenters. The van der Waals surface area contributed by atoms with Crippen LogP contribution in [0.25, 0.3) is 0 Å². The molecule has 0 bridgehead atoms. The summed E-state index contributed by atoms with van der Waals surface area (Å²) in [5.74, 6) is -1.23. The molecule has 0 radical (unpaired) electrons. The molecule has 148 valence electrons. The molecule has 1 aromatic heterocycles. The van der Waals surface area contributed by atoms with E-state index >= 15 is 0 Å². The zero-order valence-corrected chi connectivity index (χ0v) is 15.5. The van der Waals surface area contributed by atoms with Gasteiger partial charge in [0.15, 0.2) is 5.69 Å². The van der Waals surface area contributed by atoms with E-state index in [1.807, 2.05) is 6.92 Å². The number of nitrogens with zero attached hydrogens (tertiary/aromatic N) is 3. The molecule has 0 spiro atoms. The first-order valence-electron chi connectivity index (χ1n) is 9.43. The van der Waals surface area contributed by atoms with Crippen LogP contribution in [0.3, 0.4) is 0 Å². The van der Waals surface area contributed by atoms with Crippen molar-refractivity contribution in [1.29, 1.82) is 0 Å². The molecule has 9 nitrogen and oxygen atoms in total. The van der Waals surface area contributed by atoms with Crippen LogP contribution in [0.15, 0.2) is 6.07 Å². The van der Waals surface area contributed by atoms with Gasteiger partial charge in [-0.05, 0) is 24.4 Å². The average Bonchev–Trinajstić information content (AvgIpc) is 3.31. The third-order valence-corrected chi connectivity index (χ3v) is 6.45. The van der Waals surface area contributed by atoms with E-state index in [1.54, 1.807) is 15.6 Å². The van der Waals surface area contributed by atoms with Gasteiger partial charge in [-0.2, -0.15) is 5.10 Å². The number of esters is 1. The van der Waals surface area contributed by atoms with Crippen LogP contribution in [-0.4, -0.2) is 75.7 Å².